The maximum atomic E-state index is 12.8. The van der Waals surface area contributed by atoms with Crippen molar-refractivity contribution in [2.75, 3.05) is 13.2 Å². The Balaban J connectivity index is 3.96. The lowest BCUT2D eigenvalue weighted by molar-refractivity contribution is -0.167. The first kappa shape index (κ1) is 71.1. The Kier molecular flexibility index (Phi) is 60.2. The Bertz CT molecular complexity index is 1330. The molecule has 0 rings (SSSR count). The van der Waals surface area contributed by atoms with Gasteiger partial charge in [0.15, 0.2) is 6.10 Å². The van der Waals surface area contributed by atoms with Gasteiger partial charge in [0.25, 0.3) is 0 Å². The molecule has 430 valence electrons. The summed E-state index contributed by atoms with van der Waals surface area (Å²) < 4.78 is 16.8. The van der Waals surface area contributed by atoms with E-state index in [4.69, 9.17) is 14.2 Å². The van der Waals surface area contributed by atoms with Crippen LogP contribution in [0.15, 0.2) is 60.8 Å². The van der Waals surface area contributed by atoms with Gasteiger partial charge in [-0.3, -0.25) is 14.4 Å². The monoisotopic (exact) mass is 1030 g/mol. The third-order valence-electron chi connectivity index (χ3n) is 14.3. The number of hydrogen-bond acceptors (Lipinski definition) is 6. The van der Waals surface area contributed by atoms with E-state index < -0.39 is 6.10 Å². The van der Waals surface area contributed by atoms with Crippen LogP contribution in [0, 0.1) is 0 Å². The van der Waals surface area contributed by atoms with Gasteiger partial charge in [-0.15, -0.1) is 0 Å². The van der Waals surface area contributed by atoms with E-state index in [9.17, 15) is 14.4 Å². The van der Waals surface area contributed by atoms with Crippen LogP contribution in [-0.4, -0.2) is 37.2 Å². The lowest BCUT2D eigenvalue weighted by Crippen LogP contribution is -2.30. The molecular formula is C68H122O6. The van der Waals surface area contributed by atoms with Crippen LogP contribution in [0.5, 0.6) is 0 Å². The van der Waals surface area contributed by atoms with E-state index in [0.717, 1.165) is 89.9 Å². The van der Waals surface area contributed by atoms with Crippen molar-refractivity contribution in [3.8, 4) is 0 Å². The molecular weight excluding hydrogens is 913 g/mol. The number of carbonyl (C=O) groups is 3. The minimum absolute atomic E-state index is 0.0666. The Morgan fingerprint density at radius 1 is 0.284 bits per heavy atom. The Labute approximate surface area is 460 Å². The maximum absolute atomic E-state index is 12.8. The molecule has 0 amide bonds. The summed E-state index contributed by atoms with van der Waals surface area (Å²) >= 11 is 0. The summed E-state index contributed by atoms with van der Waals surface area (Å²) in [5, 5.41) is 0. The lowest BCUT2D eigenvalue weighted by atomic mass is 10.0. The zero-order valence-electron chi connectivity index (χ0n) is 49.4. The molecule has 0 saturated carbocycles. The summed E-state index contributed by atoms with van der Waals surface area (Å²) in [7, 11) is 0. The van der Waals surface area contributed by atoms with Crippen molar-refractivity contribution in [1.82, 2.24) is 0 Å². The van der Waals surface area contributed by atoms with Crippen molar-refractivity contribution in [3.05, 3.63) is 60.8 Å². The molecule has 6 heteroatoms. The Hall–Kier alpha value is -2.89. The molecule has 0 aliphatic carbocycles. The highest BCUT2D eigenvalue weighted by Crippen LogP contribution is 2.17. The van der Waals surface area contributed by atoms with Crippen molar-refractivity contribution in [3.63, 3.8) is 0 Å². The molecule has 0 fully saturated rings. The maximum Gasteiger partial charge on any atom is 0.306 e. The number of hydrogen-bond donors (Lipinski definition) is 0. The quantitative estimate of drug-likeness (QED) is 0.0261. The smallest absolute Gasteiger partial charge is 0.306 e. The molecule has 0 aromatic carbocycles. The number of carbonyl (C=O) groups excluding carboxylic acids is 3. The molecule has 74 heavy (non-hydrogen) atoms. The molecule has 0 aliphatic rings. The molecule has 0 aromatic rings. The Morgan fingerprint density at radius 2 is 0.527 bits per heavy atom. The van der Waals surface area contributed by atoms with Gasteiger partial charge in [0.2, 0.25) is 0 Å². The molecule has 0 spiro atoms. The van der Waals surface area contributed by atoms with E-state index in [-0.39, 0.29) is 31.1 Å². The first-order chi connectivity index (χ1) is 36.5. The van der Waals surface area contributed by atoms with Crippen LogP contribution in [0.1, 0.15) is 335 Å². The average molecular weight is 1040 g/mol. The fraction of sp³-hybridized carbons (Fsp3) is 0.809. The highest BCUT2D eigenvalue weighted by Gasteiger charge is 2.19. The summed E-state index contributed by atoms with van der Waals surface area (Å²) in [6.07, 6.45) is 79.7. The summed E-state index contributed by atoms with van der Waals surface area (Å²) in [4.78, 5) is 38.1. The molecule has 1 unspecified atom stereocenters. The van der Waals surface area contributed by atoms with E-state index in [1.54, 1.807) is 0 Å². The predicted octanol–water partition coefficient (Wildman–Crippen LogP) is 21.9. The number of esters is 3. The van der Waals surface area contributed by atoms with Gasteiger partial charge >= 0.3 is 17.9 Å². The molecule has 1 atom stereocenters. The highest BCUT2D eigenvalue weighted by atomic mass is 16.6. The highest BCUT2D eigenvalue weighted by molar-refractivity contribution is 5.71. The average Bonchev–Trinajstić information content (AvgIpc) is 3.40. The zero-order chi connectivity index (χ0) is 53.6. The standard InChI is InChI=1S/C68H122O6/c1-4-7-10-13-16-19-22-23-24-25-26-27-28-29-30-31-32-33-34-35-36-37-38-39-40-41-42-43-44-45-47-49-52-55-58-61-67(70)73-64-65(63-72-66(69)60-57-54-51-48-21-18-15-12-9-6-3)74-68(71)62-59-56-53-50-46-20-17-14-11-8-5-2/h7,10,16,19,23-24,26-27,29-30,65H,4-6,8-9,11-15,17-18,20-22,25,28,31-64H2,1-3H3/b10-7-,19-16-,24-23-,27-26-,30-29-. The summed E-state index contributed by atoms with van der Waals surface area (Å²) in [6, 6.07) is 0. The summed E-state index contributed by atoms with van der Waals surface area (Å²) in [5.74, 6) is -0.850. The fourth-order valence-corrected chi connectivity index (χ4v) is 9.47. The van der Waals surface area contributed by atoms with Crippen LogP contribution in [0.2, 0.25) is 0 Å². The minimum atomic E-state index is -0.765. The van der Waals surface area contributed by atoms with Crippen molar-refractivity contribution in [1.29, 1.82) is 0 Å². The molecule has 0 N–H and O–H groups in total. The molecule has 0 radical (unpaired) electrons. The number of allylic oxidation sites excluding steroid dienone is 10. The lowest BCUT2D eigenvalue weighted by Gasteiger charge is -2.18. The molecule has 0 aliphatic heterocycles. The van der Waals surface area contributed by atoms with Crippen molar-refractivity contribution < 1.29 is 28.6 Å². The summed E-state index contributed by atoms with van der Waals surface area (Å²) in [6.45, 7) is 6.54. The van der Waals surface area contributed by atoms with Crippen molar-refractivity contribution >= 4 is 17.9 Å². The van der Waals surface area contributed by atoms with Gasteiger partial charge in [-0.1, -0.05) is 313 Å². The van der Waals surface area contributed by atoms with Gasteiger partial charge in [-0.25, -0.2) is 0 Å². The van der Waals surface area contributed by atoms with Gasteiger partial charge < -0.3 is 14.2 Å². The molecule has 0 heterocycles. The third-order valence-corrected chi connectivity index (χ3v) is 14.3. The van der Waals surface area contributed by atoms with Crippen LogP contribution in [0.4, 0.5) is 0 Å². The van der Waals surface area contributed by atoms with Gasteiger partial charge in [-0.2, -0.15) is 0 Å². The molecule has 6 nitrogen and oxygen atoms in total. The van der Waals surface area contributed by atoms with E-state index >= 15 is 0 Å². The van der Waals surface area contributed by atoms with Gasteiger partial charge in [0.1, 0.15) is 13.2 Å². The van der Waals surface area contributed by atoms with Crippen molar-refractivity contribution in [2.45, 2.75) is 341 Å². The zero-order valence-corrected chi connectivity index (χ0v) is 49.4. The predicted molar refractivity (Wildman–Crippen MR) is 321 cm³/mol. The number of ether oxygens (including phenoxy) is 3. The first-order valence-electron chi connectivity index (χ1n) is 32.3. The largest absolute Gasteiger partial charge is 0.462 e. The topological polar surface area (TPSA) is 78.9 Å². The third kappa shape index (κ3) is 60.0. The summed E-state index contributed by atoms with van der Waals surface area (Å²) in [5.41, 5.74) is 0. The van der Waals surface area contributed by atoms with Crippen LogP contribution in [0.3, 0.4) is 0 Å². The van der Waals surface area contributed by atoms with E-state index in [1.807, 2.05) is 0 Å². The van der Waals surface area contributed by atoms with E-state index in [2.05, 4.69) is 81.5 Å². The van der Waals surface area contributed by atoms with Crippen LogP contribution in [-0.2, 0) is 28.6 Å². The van der Waals surface area contributed by atoms with Crippen LogP contribution >= 0.6 is 0 Å². The normalized spacial score (nSPS) is 12.4. The second-order valence-electron chi connectivity index (χ2n) is 21.7. The van der Waals surface area contributed by atoms with E-state index in [0.29, 0.717) is 19.3 Å². The van der Waals surface area contributed by atoms with Crippen molar-refractivity contribution in [2.24, 2.45) is 0 Å². The first-order valence-corrected chi connectivity index (χ1v) is 32.3. The SMILES string of the molecule is CC/C=C\C/C=C\C/C=C\C/C=C\C/C=C\CCCCCCCCCCCCCCCCCCCCCC(=O)OCC(COC(=O)CCCCCCCCCCCC)OC(=O)CCCCCCCCCCCCC. The molecule has 0 aromatic heterocycles. The fourth-order valence-electron chi connectivity index (χ4n) is 9.47. The van der Waals surface area contributed by atoms with Crippen LogP contribution in [0.25, 0.3) is 0 Å². The van der Waals surface area contributed by atoms with Gasteiger partial charge in [0, 0.05) is 19.3 Å². The second-order valence-corrected chi connectivity index (χ2v) is 21.7. The molecule has 0 bridgehead atoms. The number of unbranched alkanes of at least 4 members (excludes halogenated alkanes) is 38. The Morgan fingerprint density at radius 3 is 0.824 bits per heavy atom. The second kappa shape index (κ2) is 62.6. The van der Waals surface area contributed by atoms with Crippen LogP contribution < -0.4 is 0 Å². The minimum Gasteiger partial charge on any atom is -0.462 e. The molecule has 0 saturated heterocycles. The van der Waals surface area contributed by atoms with Gasteiger partial charge in [0.05, 0.1) is 0 Å². The van der Waals surface area contributed by atoms with E-state index in [1.165, 1.54) is 205 Å². The number of rotatable bonds is 59. The van der Waals surface area contributed by atoms with Gasteiger partial charge in [-0.05, 0) is 64.2 Å².